The van der Waals surface area contributed by atoms with E-state index in [1.807, 2.05) is 0 Å². The van der Waals surface area contributed by atoms with Gasteiger partial charge in [-0.2, -0.15) is 0 Å². The van der Waals surface area contributed by atoms with Gasteiger partial charge >= 0.3 is 0 Å². The number of nitrogens with one attached hydrogen (secondary N) is 2. The van der Waals surface area contributed by atoms with E-state index in [0.717, 1.165) is 0 Å². The highest BCUT2D eigenvalue weighted by Gasteiger charge is 2.25. The van der Waals surface area contributed by atoms with Crippen LogP contribution in [0.2, 0.25) is 0 Å². The number of rotatable bonds is 6. The van der Waals surface area contributed by atoms with E-state index in [-0.39, 0.29) is 25.0 Å². The smallest absolute Gasteiger partial charge is 0.257 e. The Kier molecular flexibility index (Phi) is 5.52. The molecule has 2 amide bonds. The van der Waals surface area contributed by atoms with Gasteiger partial charge in [-0.05, 0) is 26.0 Å². The van der Waals surface area contributed by atoms with Crippen LogP contribution in [0, 0.1) is 5.41 Å². The molecule has 0 aromatic heterocycles. The molecule has 0 atom stereocenters. The number of ether oxygens (including phenoxy) is 1. The summed E-state index contributed by atoms with van der Waals surface area (Å²) in [7, 11) is 1.54. The van der Waals surface area contributed by atoms with E-state index in [1.54, 1.807) is 38.1 Å². The SMILES string of the molecule is CNC(=O)COc1cccc(NC(=O)C(C)(C)CN)c1. The molecule has 110 valence electrons. The highest BCUT2D eigenvalue weighted by atomic mass is 16.5. The van der Waals surface area contributed by atoms with Gasteiger partial charge in [0.25, 0.3) is 5.91 Å². The molecule has 0 fully saturated rings. The Labute approximate surface area is 118 Å². The summed E-state index contributed by atoms with van der Waals surface area (Å²) < 4.78 is 5.30. The normalized spacial score (nSPS) is 10.8. The van der Waals surface area contributed by atoms with E-state index in [9.17, 15) is 9.59 Å². The third-order valence-corrected chi connectivity index (χ3v) is 2.87. The molecule has 20 heavy (non-hydrogen) atoms. The van der Waals surface area contributed by atoms with E-state index >= 15 is 0 Å². The molecule has 0 saturated carbocycles. The predicted octanol–water partition coefficient (Wildman–Crippen LogP) is 0.735. The average molecular weight is 279 g/mol. The van der Waals surface area contributed by atoms with Gasteiger partial charge in [-0.3, -0.25) is 9.59 Å². The second kappa shape index (κ2) is 6.91. The largest absolute Gasteiger partial charge is 0.484 e. The van der Waals surface area contributed by atoms with Crippen LogP contribution in [0.15, 0.2) is 24.3 Å². The molecule has 6 nitrogen and oxygen atoms in total. The van der Waals surface area contributed by atoms with Crippen LogP contribution in [0.25, 0.3) is 0 Å². The van der Waals surface area contributed by atoms with Gasteiger partial charge in [0, 0.05) is 25.3 Å². The Bertz CT molecular complexity index is 486. The summed E-state index contributed by atoms with van der Waals surface area (Å²) in [4.78, 5) is 23.1. The van der Waals surface area contributed by atoms with Gasteiger partial charge in [0.2, 0.25) is 5.91 Å². The first-order valence-electron chi connectivity index (χ1n) is 6.34. The maximum Gasteiger partial charge on any atom is 0.257 e. The van der Waals surface area contributed by atoms with Crippen LogP contribution < -0.4 is 21.1 Å². The molecule has 4 N–H and O–H groups in total. The molecule has 1 aromatic rings. The van der Waals surface area contributed by atoms with Crippen molar-refractivity contribution in [3.8, 4) is 5.75 Å². The number of benzene rings is 1. The quantitative estimate of drug-likeness (QED) is 0.716. The summed E-state index contributed by atoms with van der Waals surface area (Å²) in [5.41, 5.74) is 5.52. The van der Waals surface area contributed by atoms with Gasteiger partial charge in [0.1, 0.15) is 5.75 Å². The molecule has 0 heterocycles. The van der Waals surface area contributed by atoms with Gasteiger partial charge in [-0.1, -0.05) is 6.07 Å². The van der Waals surface area contributed by atoms with Crippen molar-refractivity contribution in [2.45, 2.75) is 13.8 Å². The molecule has 0 spiro atoms. The van der Waals surface area contributed by atoms with E-state index in [1.165, 1.54) is 7.05 Å². The molecule has 1 aromatic carbocycles. The molecule has 0 aliphatic heterocycles. The molecule has 6 heteroatoms. The van der Waals surface area contributed by atoms with Crippen molar-refractivity contribution < 1.29 is 14.3 Å². The summed E-state index contributed by atoms with van der Waals surface area (Å²) >= 11 is 0. The van der Waals surface area contributed by atoms with Gasteiger partial charge in [0.05, 0.1) is 5.41 Å². The van der Waals surface area contributed by atoms with E-state index in [2.05, 4.69) is 10.6 Å². The Morgan fingerprint density at radius 2 is 2.05 bits per heavy atom. The van der Waals surface area contributed by atoms with Gasteiger partial charge < -0.3 is 21.1 Å². The third-order valence-electron chi connectivity index (χ3n) is 2.87. The second-order valence-corrected chi connectivity index (χ2v) is 5.03. The highest BCUT2D eigenvalue weighted by Crippen LogP contribution is 2.20. The monoisotopic (exact) mass is 279 g/mol. The molecule has 0 aliphatic carbocycles. The summed E-state index contributed by atoms with van der Waals surface area (Å²) in [6.45, 7) is 3.73. The molecule has 1 rings (SSSR count). The van der Waals surface area contributed by atoms with Crippen molar-refractivity contribution in [1.82, 2.24) is 5.32 Å². The Balaban J connectivity index is 2.69. The van der Waals surface area contributed by atoms with Crippen molar-refractivity contribution in [3.63, 3.8) is 0 Å². The number of likely N-dealkylation sites (N-methyl/N-ethyl adjacent to an activating group) is 1. The zero-order valence-electron chi connectivity index (χ0n) is 12.0. The van der Waals surface area contributed by atoms with Crippen LogP contribution in [-0.2, 0) is 9.59 Å². The molecule has 0 bridgehead atoms. The number of carbonyl (C=O) groups excluding carboxylic acids is 2. The number of amides is 2. The van der Waals surface area contributed by atoms with Crippen molar-refractivity contribution >= 4 is 17.5 Å². The predicted molar refractivity (Wildman–Crippen MR) is 77.5 cm³/mol. The summed E-state index contributed by atoms with van der Waals surface area (Å²) in [6.07, 6.45) is 0. The third kappa shape index (κ3) is 4.55. The van der Waals surface area contributed by atoms with Gasteiger partial charge in [-0.25, -0.2) is 0 Å². The highest BCUT2D eigenvalue weighted by molar-refractivity contribution is 5.95. The molecule has 0 radical (unpaired) electrons. The zero-order chi connectivity index (χ0) is 15.2. The first-order valence-corrected chi connectivity index (χ1v) is 6.34. The lowest BCUT2D eigenvalue weighted by atomic mass is 9.92. The fourth-order valence-corrected chi connectivity index (χ4v) is 1.28. The van der Waals surface area contributed by atoms with E-state index in [4.69, 9.17) is 10.5 Å². The number of hydrogen-bond acceptors (Lipinski definition) is 4. The molecular weight excluding hydrogens is 258 g/mol. The number of anilines is 1. The van der Waals surface area contributed by atoms with E-state index in [0.29, 0.717) is 11.4 Å². The zero-order valence-corrected chi connectivity index (χ0v) is 12.0. The number of carbonyl (C=O) groups is 2. The minimum absolute atomic E-state index is 0.0673. The second-order valence-electron chi connectivity index (χ2n) is 5.03. The fourth-order valence-electron chi connectivity index (χ4n) is 1.28. The van der Waals surface area contributed by atoms with Crippen molar-refractivity contribution in [3.05, 3.63) is 24.3 Å². The van der Waals surface area contributed by atoms with Crippen LogP contribution in [0.5, 0.6) is 5.75 Å². The first kappa shape index (κ1) is 16.0. The number of nitrogens with two attached hydrogens (primary N) is 1. The maximum atomic E-state index is 12.0. The topological polar surface area (TPSA) is 93.5 Å². The van der Waals surface area contributed by atoms with Crippen LogP contribution >= 0.6 is 0 Å². The standard InChI is InChI=1S/C14H21N3O3/c1-14(2,9-15)13(19)17-10-5-4-6-11(7-10)20-8-12(18)16-3/h4-7H,8-9,15H2,1-3H3,(H,16,18)(H,17,19). The van der Waals surface area contributed by atoms with Crippen molar-refractivity contribution in [1.29, 1.82) is 0 Å². The van der Waals surface area contributed by atoms with Crippen LogP contribution in [0.3, 0.4) is 0 Å². The van der Waals surface area contributed by atoms with Crippen LogP contribution in [0.4, 0.5) is 5.69 Å². The fraction of sp³-hybridized carbons (Fsp3) is 0.429. The van der Waals surface area contributed by atoms with Gasteiger partial charge in [0.15, 0.2) is 6.61 Å². The molecule has 0 unspecified atom stereocenters. The van der Waals surface area contributed by atoms with Crippen molar-refractivity contribution in [2.24, 2.45) is 11.1 Å². The van der Waals surface area contributed by atoms with Crippen LogP contribution in [0.1, 0.15) is 13.8 Å². The van der Waals surface area contributed by atoms with Crippen LogP contribution in [-0.4, -0.2) is 32.0 Å². The summed E-state index contributed by atoms with van der Waals surface area (Å²) in [6, 6.07) is 6.86. The Morgan fingerprint density at radius 3 is 2.65 bits per heavy atom. The summed E-state index contributed by atoms with van der Waals surface area (Å²) in [5, 5.41) is 5.24. The minimum Gasteiger partial charge on any atom is -0.484 e. The number of hydrogen-bond donors (Lipinski definition) is 3. The average Bonchev–Trinajstić information content (AvgIpc) is 2.45. The van der Waals surface area contributed by atoms with Gasteiger partial charge in [-0.15, -0.1) is 0 Å². The lowest BCUT2D eigenvalue weighted by Crippen LogP contribution is -2.37. The summed E-state index contributed by atoms with van der Waals surface area (Å²) in [5.74, 6) is 0.129. The first-order chi connectivity index (χ1) is 9.39. The lowest BCUT2D eigenvalue weighted by Gasteiger charge is -2.21. The minimum atomic E-state index is -0.640. The molecule has 0 saturated heterocycles. The van der Waals surface area contributed by atoms with Crippen molar-refractivity contribution in [2.75, 3.05) is 25.5 Å². The Hall–Kier alpha value is -2.08. The van der Waals surface area contributed by atoms with E-state index < -0.39 is 5.41 Å². The maximum absolute atomic E-state index is 12.0. The lowest BCUT2D eigenvalue weighted by molar-refractivity contribution is -0.123. The molecule has 0 aliphatic rings. The Morgan fingerprint density at radius 1 is 1.35 bits per heavy atom. The molecular formula is C14H21N3O3.